The molecule has 0 fully saturated rings. The number of benzene rings is 3. The Morgan fingerprint density at radius 3 is 1.24 bits per heavy atom. The number of hydrogen-bond donors (Lipinski definition) is 2. The zero-order chi connectivity index (χ0) is 26.3. The van der Waals surface area contributed by atoms with Crippen molar-refractivity contribution in [3.05, 3.63) is 93.6 Å². The lowest BCUT2D eigenvalue weighted by molar-refractivity contribution is 1.17. The fraction of sp³-hybridized carbons (Fsp3) is 0.125. The van der Waals surface area contributed by atoms with Gasteiger partial charge in [0, 0.05) is 51.5 Å². The number of hydrogen-bond acceptors (Lipinski definition) is 6. The average molecular weight is 531 g/mol. The molecule has 0 unspecified atom stereocenters. The van der Waals surface area contributed by atoms with Crippen LogP contribution in [0.3, 0.4) is 0 Å². The van der Waals surface area contributed by atoms with Gasteiger partial charge in [0.2, 0.25) is 0 Å². The molecule has 0 spiro atoms. The van der Waals surface area contributed by atoms with E-state index in [0.29, 0.717) is 0 Å². The van der Waals surface area contributed by atoms with E-state index in [2.05, 4.69) is 98.6 Å². The summed E-state index contributed by atoms with van der Waals surface area (Å²) in [4.78, 5) is 2.43. The van der Waals surface area contributed by atoms with E-state index >= 15 is 0 Å². The number of nitrogens with two attached hydrogens (primary N) is 2. The number of aryl methyl sites for hydroxylation is 4. The van der Waals surface area contributed by atoms with Crippen LogP contribution in [0, 0.1) is 27.7 Å². The fourth-order valence-electron chi connectivity index (χ4n) is 5.92. The first kappa shape index (κ1) is 23.1. The second kappa shape index (κ2) is 8.25. The lowest BCUT2D eigenvalue weighted by Crippen LogP contribution is -2.07. The zero-order valence-corrected chi connectivity index (χ0v) is 23.3. The van der Waals surface area contributed by atoms with Gasteiger partial charge >= 0.3 is 0 Å². The molecule has 4 N–H and O–H groups in total. The Morgan fingerprint density at radius 1 is 0.526 bits per heavy atom. The van der Waals surface area contributed by atoms with Crippen LogP contribution in [0.4, 0.5) is 0 Å². The largest absolute Gasteiger partial charge is 0.323 e. The van der Waals surface area contributed by atoms with Crippen LogP contribution in [0.15, 0.2) is 70.9 Å². The van der Waals surface area contributed by atoms with Gasteiger partial charge in [0.25, 0.3) is 0 Å². The number of thiophene rings is 2. The highest BCUT2D eigenvalue weighted by molar-refractivity contribution is 7.24. The summed E-state index contributed by atoms with van der Waals surface area (Å²) in [5.41, 5.74) is 7.28. The highest BCUT2D eigenvalue weighted by Gasteiger charge is 2.24. The van der Waals surface area contributed by atoms with Crippen molar-refractivity contribution in [2.45, 2.75) is 27.7 Å². The second-order valence-corrected chi connectivity index (χ2v) is 12.2. The van der Waals surface area contributed by atoms with Crippen molar-refractivity contribution >= 4 is 64.4 Å². The molecule has 0 atom stereocenters. The quantitative estimate of drug-likeness (QED) is 0.180. The summed E-state index contributed by atoms with van der Waals surface area (Å²) >= 11 is 3.60. The van der Waals surface area contributed by atoms with Gasteiger partial charge in [-0.1, -0.05) is 59.7 Å². The van der Waals surface area contributed by atoms with Crippen molar-refractivity contribution in [1.82, 2.24) is 0 Å². The molecule has 38 heavy (non-hydrogen) atoms. The molecule has 7 aromatic rings. The number of rotatable bonds is 2. The van der Waals surface area contributed by atoms with Gasteiger partial charge in [0.15, 0.2) is 0 Å². The standard InChI is InChI=1S/C32H26N4S2/c1-15-5-9-19(10-6-15)23-13-21-29(35-33)25-18(4)28-26(17(3)27(25)31(21)37-23)30(36-34)22-14-24(38-32(22)28)20-11-7-16(2)8-12-20/h5-14H,33-34H2,1-4H3/b35-29+,36-30+. The van der Waals surface area contributed by atoms with Crippen LogP contribution in [-0.2, 0) is 0 Å². The average Bonchev–Trinajstić information content (AvgIpc) is 3.66. The van der Waals surface area contributed by atoms with Gasteiger partial charge in [0.05, 0.1) is 10.7 Å². The lowest BCUT2D eigenvalue weighted by atomic mass is 9.98. The van der Waals surface area contributed by atoms with Gasteiger partial charge in [-0.05, 0) is 62.1 Å². The van der Waals surface area contributed by atoms with Crippen molar-refractivity contribution in [2.24, 2.45) is 21.9 Å². The molecule has 2 aromatic heterocycles. The third kappa shape index (κ3) is 3.08. The van der Waals surface area contributed by atoms with Gasteiger partial charge in [-0.25, -0.2) is 0 Å². The molecule has 0 saturated carbocycles. The maximum absolute atomic E-state index is 6.09. The van der Waals surface area contributed by atoms with Crippen LogP contribution in [0.5, 0.6) is 0 Å². The summed E-state index contributed by atoms with van der Waals surface area (Å²) < 4.78 is 2.44. The Balaban J connectivity index is 1.59. The molecular formula is C32H26N4S2. The molecule has 4 nitrogen and oxygen atoms in total. The molecule has 0 amide bonds. The molecule has 0 aliphatic heterocycles. The highest BCUT2D eigenvalue weighted by Crippen LogP contribution is 2.45. The second-order valence-electron chi connectivity index (χ2n) is 10.1. The first-order chi connectivity index (χ1) is 18.4. The predicted octanol–water partition coefficient (Wildman–Crippen LogP) is 7.41. The van der Waals surface area contributed by atoms with Crippen molar-refractivity contribution in [3.8, 4) is 20.9 Å². The Hall–Kier alpha value is -4.00. The molecule has 0 bridgehead atoms. The smallest absolute Gasteiger partial charge is 0.0995 e. The molecule has 5 aromatic carbocycles. The fourth-order valence-corrected chi connectivity index (χ4v) is 8.47. The molecular weight excluding hydrogens is 505 g/mol. The van der Waals surface area contributed by atoms with Gasteiger partial charge in [0.1, 0.15) is 0 Å². The van der Waals surface area contributed by atoms with E-state index < -0.39 is 0 Å². The van der Waals surface area contributed by atoms with Crippen molar-refractivity contribution in [1.29, 1.82) is 0 Å². The van der Waals surface area contributed by atoms with Crippen LogP contribution >= 0.6 is 22.7 Å². The first-order valence-corrected chi connectivity index (χ1v) is 14.2. The highest BCUT2D eigenvalue weighted by atomic mass is 32.1. The van der Waals surface area contributed by atoms with Crippen LogP contribution in [0.25, 0.3) is 62.6 Å². The summed E-state index contributed by atoms with van der Waals surface area (Å²) in [5, 5.41) is 17.3. The third-order valence-corrected chi connectivity index (χ3v) is 10.2. The van der Waals surface area contributed by atoms with Crippen molar-refractivity contribution in [3.63, 3.8) is 0 Å². The Morgan fingerprint density at radius 2 is 0.895 bits per heavy atom. The minimum Gasteiger partial charge on any atom is -0.323 e. The molecule has 0 radical (unpaired) electrons. The van der Waals surface area contributed by atoms with E-state index in [0.717, 1.165) is 32.3 Å². The number of fused-ring (bicyclic) bond motifs is 6. The Bertz CT molecular complexity index is 2010. The number of nitrogens with zero attached hydrogens (tertiary/aromatic N) is 2. The maximum Gasteiger partial charge on any atom is 0.0995 e. The van der Waals surface area contributed by atoms with E-state index in [1.807, 2.05) is 0 Å². The molecule has 2 heterocycles. The molecule has 0 aliphatic carbocycles. The molecule has 0 saturated heterocycles. The first-order valence-electron chi connectivity index (χ1n) is 12.6. The minimum absolute atomic E-state index is 0.864. The van der Waals surface area contributed by atoms with E-state index in [1.165, 1.54) is 63.3 Å². The topological polar surface area (TPSA) is 76.8 Å². The molecule has 186 valence electrons. The van der Waals surface area contributed by atoms with Crippen molar-refractivity contribution in [2.75, 3.05) is 0 Å². The van der Waals surface area contributed by atoms with E-state index in [-0.39, 0.29) is 0 Å². The third-order valence-electron chi connectivity index (χ3n) is 7.83. The zero-order valence-electron chi connectivity index (χ0n) is 21.6. The van der Waals surface area contributed by atoms with Gasteiger partial charge in [-0.2, -0.15) is 10.2 Å². The van der Waals surface area contributed by atoms with Crippen LogP contribution in [0.1, 0.15) is 22.3 Å². The monoisotopic (exact) mass is 530 g/mol. The maximum atomic E-state index is 6.09. The van der Waals surface area contributed by atoms with Crippen LogP contribution in [0.2, 0.25) is 0 Å². The Labute approximate surface area is 227 Å². The molecule has 7 rings (SSSR count). The van der Waals surface area contributed by atoms with Crippen LogP contribution < -0.4 is 22.4 Å². The van der Waals surface area contributed by atoms with E-state index in [4.69, 9.17) is 11.7 Å². The minimum atomic E-state index is 0.864. The van der Waals surface area contributed by atoms with Crippen molar-refractivity contribution < 1.29 is 0 Å². The van der Waals surface area contributed by atoms with Gasteiger partial charge in [-0.15, -0.1) is 22.7 Å². The van der Waals surface area contributed by atoms with E-state index in [1.54, 1.807) is 22.7 Å². The summed E-state index contributed by atoms with van der Waals surface area (Å²) in [6.45, 7) is 8.60. The van der Waals surface area contributed by atoms with Crippen LogP contribution in [-0.4, -0.2) is 0 Å². The Kier molecular flexibility index (Phi) is 5.02. The summed E-state index contributed by atoms with van der Waals surface area (Å²) in [7, 11) is 0. The summed E-state index contributed by atoms with van der Waals surface area (Å²) in [6.07, 6.45) is 0. The summed E-state index contributed by atoms with van der Waals surface area (Å²) in [6, 6.07) is 21.8. The SMILES string of the molecule is Cc1ccc(-c2cc3/c(=N\N)c4c(C)c5c(c(C)c4c3s2)/c(=N/N)c2cc(-c3ccc(C)cc3)sc25)cc1. The normalized spacial score (nSPS) is 13.3. The van der Waals surface area contributed by atoms with Gasteiger partial charge in [-0.3, -0.25) is 0 Å². The predicted molar refractivity (Wildman–Crippen MR) is 164 cm³/mol. The molecule has 0 aliphatic rings. The molecule has 6 heteroatoms. The van der Waals surface area contributed by atoms with E-state index in [9.17, 15) is 0 Å². The lowest BCUT2D eigenvalue weighted by Gasteiger charge is -2.07. The summed E-state index contributed by atoms with van der Waals surface area (Å²) in [5.74, 6) is 12.2. The van der Waals surface area contributed by atoms with Gasteiger partial charge < -0.3 is 11.7 Å².